The van der Waals surface area contributed by atoms with Crippen LogP contribution in [-0.4, -0.2) is 25.6 Å². The zero-order chi connectivity index (χ0) is 20.3. The fourth-order valence-electron chi connectivity index (χ4n) is 2.60. The van der Waals surface area contributed by atoms with E-state index < -0.39 is 10.2 Å². The first-order chi connectivity index (χ1) is 13.4. The van der Waals surface area contributed by atoms with Crippen molar-refractivity contribution in [2.45, 2.75) is 24.3 Å². The number of halogens is 1. The lowest BCUT2D eigenvalue weighted by Crippen LogP contribution is -2.23. The van der Waals surface area contributed by atoms with E-state index in [2.05, 4.69) is 10.3 Å². The van der Waals surface area contributed by atoms with E-state index in [9.17, 15) is 14.9 Å². The van der Waals surface area contributed by atoms with Crippen molar-refractivity contribution in [3.63, 3.8) is 0 Å². The summed E-state index contributed by atoms with van der Waals surface area (Å²) < 4.78 is 1.86. The van der Waals surface area contributed by atoms with Gasteiger partial charge in [-0.15, -0.1) is 0 Å². The van der Waals surface area contributed by atoms with E-state index in [1.54, 1.807) is 31.5 Å². The number of hydrogen-bond donors (Lipinski definition) is 1. The molecule has 0 saturated carbocycles. The largest absolute Gasteiger partial charge is 0.319 e. The van der Waals surface area contributed by atoms with Crippen LogP contribution in [0, 0.1) is 17.0 Å². The van der Waals surface area contributed by atoms with Crippen LogP contribution in [0.1, 0.15) is 12.5 Å². The molecule has 0 aliphatic heterocycles. The molecule has 144 valence electrons. The number of carbonyl (C=O) groups excluding carboxylic acids is 1. The van der Waals surface area contributed by atoms with Gasteiger partial charge in [0.15, 0.2) is 5.16 Å². The maximum atomic E-state index is 12.6. The number of rotatable bonds is 6. The molecule has 1 aromatic heterocycles. The molecule has 0 aliphatic carbocycles. The molecule has 1 heterocycles. The molecule has 0 saturated heterocycles. The van der Waals surface area contributed by atoms with Crippen LogP contribution in [0.15, 0.2) is 60.0 Å². The lowest BCUT2D eigenvalue weighted by Gasteiger charge is -2.15. The Balaban J connectivity index is 1.79. The van der Waals surface area contributed by atoms with E-state index in [0.717, 1.165) is 11.3 Å². The second kappa shape index (κ2) is 8.45. The first kappa shape index (κ1) is 19.9. The summed E-state index contributed by atoms with van der Waals surface area (Å²) in [7, 11) is 0. The number of amides is 1. The standard InChI is InChI=1S/C19H17ClN4O3S/c1-12-14(20)6-5-9-16(12)23-11-10-21-19(23)28-13(2)18(25)22-15-7-3-4-8-17(15)24(26)27/h3-11,13H,1-2H3,(H,22,25). The minimum absolute atomic E-state index is 0.149. The van der Waals surface area contributed by atoms with E-state index in [1.165, 1.54) is 23.9 Å². The molecule has 7 nitrogen and oxygen atoms in total. The molecule has 0 fully saturated rings. The van der Waals surface area contributed by atoms with Gasteiger partial charge in [-0.3, -0.25) is 19.5 Å². The van der Waals surface area contributed by atoms with Crippen LogP contribution in [0.3, 0.4) is 0 Å². The Kier molecular flexibility index (Phi) is 6.01. The van der Waals surface area contributed by atoms with E-state index in [1.807, 2.05) is 29.7 Å². The summed E-state index contributed by atoms with van der Waals surface area (Å²) in [4.78, 5) is 27.5. The van der Waals surface area contributed by atoms with Gasteiger partial charge in [-0.05, 0) is 37.6 Å². The maximum absolute atomic E-state index is 12.6. The van der Waals surface area contributed by atoms with E-state index in [4.69, 9.17) is 11.6 Å². The van der Waals surface area contributed by atoms with Crippen LogP contribution in [0.4, 0.5) is 11.4 Å². The maximum Gasteiger partial charge on any atom is 0.292 e. The number of para-hydroxylation sites is 2. The van der Waals surface area contributed by atoms with Crippen LogP contribution in [0.2, 0.25) is 5.02 Å². The van der Waals surface area contributed by atoms with E-state index >= 15 is 0 Å². The number of imidazole rings is 1. The third-order valence-corrected chi connectivity index (χ3v) is 5.61. The van der Waals surface area contributed by atoms with Crippen molar-refractivity contribution in [1.82, 2.24) is 9.55 Å². The molecule has 2 aromatic carbocycles. The van der Waals surface area contributed by atoms with Gasteiger partial charge in [0.2, 0.25) is 5.91 Å². The van der Waals surface area contributed by atoms with Crippen molar-refractivity contribution in [1.29, 1.82) is 0 Å². The molecule has 3 rings (SSSR count). The predicted octanol–water partition coefficient (Wildman–Crippen LogP) is 4.86. The Hall–Kier alpha value is -2.84. The van der Waals surface area contributed by atoms with Crippen LogP contribution >= 0.6 is 23.4 Å². The molecule has 3 aromatic rings. The Morgan fingerprint density at radius 3 is 2.79 bits per heavy atom. The van der Waals surface area contributed by atoms with Crippen LogP contribution in [0.25, 0.3) is 5.69 Å². The number of nitrogens with one attached hydrogen (secondary N) is 1. The highest BCUT2D eigenvalue weighted by Gasteiger charge is 2.21. The minimum atomic E-state index is -0.527. The van der Waals surface area contributed by atoms with E-state index in [-0.39, 0.29) is 17.3 Å². The van der Waals surface area contributed by atoms with Gasteiger partial charge in [0.05, 0.1) is 15.9 Å². The van der Waals surface area contributed by atoms with Crippen LogP contribution in [0.5, 0.6) is 0 Å². The van der Waals surface area contributed by atoms with Crippen molar-refractivity contribution in [2.24, 2.45) is 0 Å². The molecular weight excluding hydrogens is 400 g/mol. The number of nitro groups is 1. The molecule has 1 unspecified atom stereocenters. The summed E-state index contributed by atoms with van der Waals surface area (Å²) in [5.74, 6) is -0.350. The summed E-state index contributed by atoms with van der Waals surface area (Å²) in [5, 5.41) is 14.5. The molecule has 1 atom stereocenters. The first-order valence-corrected chi connectivity index (χ1v) is 9.64. The fraction of sp³-hybridized carbons (Fsp3) is 0.158. The van der Waals surface area contributed by atoms with Gasteiger partial charge in [0.25, 0.3) is 5.69 Å². The number of carbonyl (C=O) groups is 1. The van der Waals surface area contributed by atoms with Gasteiger partial charge in [-0.1, -0.05) is 41.6 Å². The topological polar surface area (TPSA) is 90.1 Å². The highest BCUT2D eigenvalue weighted by molar-refractivity contribution is 8.00. The second-order valence-corrected chi connectivity index (χ2v) is 7.70. The molecule has 1 amide bonds. The first-order valence-electron chi connectivity index (χ1n) is 8.38. The number of hydrogen-bond acceptors (Lipinski definition) is 5. The predicted molar refractivity (Wildman–Crippen MR) is 110 cm³/mol. The average molecular weight is 417 g/mol. The Morgan fingerprint density at radius 1 is 1.29 bits per heavy atom. The fourth-order valence-corrected chi connectivity index (χ4v) is 3.65. The summed E-state index contributed by atoms with van der Waals surface area (Å²) in [5.41, 5.74) is 1.79. The average Bonchev–Trinajstić information content (AvgIpc) is 3.12. The summed E-state index contributed by atoms with van der Waals surface area (Å²) >= 11 is 7.46. The monoisotopic (exact) mass is 416 g/mol. The van der Waals surface area contributed by atoms with Crippen LogP contribution in [-0.2, 0) is 4.79 Å². The van der Waals surface area contributed by atoms with Crippen molar-refractivity contribution >= 4 is 40.6 Å². The third kappa shape index (κ3) is 4.18. The van der Waals surface area contributed by atoms with Crippen LogP contribution < -0.4 is 5.32 Å². The molecule has 0 bridgehead atoms. The number of aromatic nitrogens is 2. The second-order valence-electron chi connectivity index (χ2n) is 5.99. The van der Waals surface area contributed by atoms with Gasteiger partial charge in [0, 0.05) is 23.5 Å². The lowest BCUT2D eigenvalue weighted by atomic mass is 10.2. The van der Waals surface area contributed by atoms with Gasteiger partial charge >= 0.3 is 0 Å². The molecule has 0 aliphatic rings. The zero-order valence-corrected chi connectivity index (χ0v) is 16.7. The van der Waals surface area contributed by atoms with Crippen molar-refractivity contribution < 1.29 is 9.72 Å². The number of thioether (sulfide) groups is 1. The number of benzene rings is 2. The van der Waals surface area contributed by atoms with Gasteiger partial charge < -0.3 is 5.32 Å². The van der Waals surface area contributed by atoms with E-state index in [0.29, 0.717) is 10.2 Å². The Bertz CT molecular complexity index is 1040. The van der Waals surface area contributed by atoms with Crippen molar-refractivity contribution in [3.05, 3.63) is 75.6 Å². The van der Waals surface area contributed by atoms with Crippen molar-refractivity contribution in [3.8, 4) is 5.69 Å². The zero-order valence-electron chi connectivity index (χ0n) is 15.1. The highest BCUT2D eigenvalue weighted by Crippen LogP contribution is 2.30. The quantitative estimate of drug-likeness (QED) is 0.352. The molecule has 0 radical (unpaired) electrons. The number of anilines is 1. The summed E-state index contributed by atoms with van der Waals surface area (Å²) in [6.07, 6.45) is 3.45. The Labute approximate surface area is 170 Å². The number of nitro benzene ring substituents is 1. The summed E-state index contributed by atoms with van der Waals surface area (Å²) in [6.45, 7) is 3.63. The normalized spacial score (nSPS) is 11.8. The third-order valence-electron chi connectivity index (χ3n) is 4.12. The number of nitrogens with zero attached hydrogens (tertiary/aromatic N) is 3. The Morgan fingerprint density at radius 2 is 2.04 bits per heavy atom. The minimum Gasteiger partial charge on any atom is -0.319 e. The van der Waals surface area contributed by atoms with Gasteiger partial charge in [-0.25, -0.2) is 4.98 Å². The molecule has 28 heavy (non-hydrogen) atoms. The van der Waals surface area contributed by atoms with Gasteiger partial charge in [0.1, 0.15) is 5.69 Å². The molecule has 0 spiro atoms. The summed E-state index contributed by atoms with van der Waals surface area (Å²) in [6, 6.07) is 11.6. The highest BCUT2D eigenvalue weighted by atomic mass is 35.5. The molecule has 9 heteroatoms. The smallest absolute Gasteiger partial charge is 0.292 e. The lowest BCUT2D eigenvalue weighted by molar-refractivity contribution is -0.383. The SMILES string of the molecule is Cc1c(Cl)cccc1-n1ccnc1SC(C)C(=O)Nc1ccccc1[N+](=O)[O-]. The van der Waals surface area contributed by atoms with Crippen molar-refractivity contribution in [2.75, 3.05) is 5.32 Å². The van der Waals surface area contributed by atoms with Gasteiger partial charge in [-0.2, -0.15) is 0 Å². The molecular formula is C19H17ClN4O3S. The molecule has 1 N–H and O–H groups in total.